The quantitative estimate of drug-likeness (QED) is 0.282. The fourth-order valence-corrected chi connectivity index (χ4v) is 7.08. The van der Waals surface area contributed by atoms with Gasteiger partial charge in [-0.2, -0.15) is 0 Å². The van der Waals surface area contributed by atoms with Crippen LogP contribution in [0, 0.1) is 23.7 Å². The minimum Gasteiger partial charge on any atom is -0.497 e. The van der Waals surface area contributed by atoms with Crippen molar-refractivity contribution in [3.05, 3.63) is 83.4 Å². The van der Waals surface area contributed by atoms with Crippen LogP contribution in [0.5, 0.6) is 23.0 Å². The van der Waals surface area contributed by atoms with Crippen molar-refractivity contribution in [1.29, 1.82) is 0 Å². The van der Waals surface area contributed by atoms with Crippen molar-refractivity contribution in [3.63, 3.8) is 0 Å². The zero-order valence-electron chi connectivity index (χ0n) is 31.4. The maximum atomic E-state index is 13.4. The number of carboxylic acids is 1. The zero-order chi connectivity index (χ0) is 39.1. The monoisotopic (exact) mass is 745 g/mol. The van der Waals surface area contributed by atoms with Crippen LogP contribution in [0.15, 0.2) is 66.7 Å². The van der Waals surface area contributed by atoms with Crippen LogP contribution in [-0.4, -0.2) is 104 Å². The first-order valence-corrected chi connectivity index (χ1v) is 17.7. The molecule has 4 unspecified atom stereocenters. The van der Waals surface area contributed by atoms with Gasteiger partial charge in [0.2, 0.25) is 17.7 Å². The smallest absolute Gasteiger partial charge is 0.416 e. The highest BCUT2D eigenvalue weighted by atomic mass is 16.6. The van der Waals surface area contributed by atoms with E-state index in [0.717, 1.165) is 16.7 Å². The SMILES string of the molecule is COc1ccc(CN2CC(C(=O)N3C(=O)OC[C@H]3Cc3ccccc3)C(C)C2=O)c(OC)c1.COc1ccc(CN2CC(C(=O)O)C(C)C2=O)c(OC)c1. The summed E-state index contributed by atoms with van der Waals surface area (Å²) in [6.45, 7) is 4.65. The number of cyclic esters (lactones) is 1. The molecule has 54 heavy (non-hydrogen) atoms. The Morgan fingerprint density at radius 3 is 1.69 bits per heavy atom. The van der Waals surface area contributed by atoms with Crippen LogP contribution in [0.25, 0.3) is 0 Å². The number of carbonyl (C=O) groups is 5. The van der Waals surface area contributed by atoms with Crippen LogP contribution < -0.4 is 18.9 Å². The molecule has 3 aromatic rings. The van der Waals surface area contributed by atoms with Crippen molar-refractivity contribution in [2.75, 3.05) is 48.1 Å². The first kappa shape index (κ1) is 39.4. The highest BCUT2D eigenvalue weighted by Gasteiger charge is 2.48. The molecule has 1 N–H and O–H groups in total. The minimum absolute atomic E-state index is 0.126. The molecule has 3 saturated heterocycles. The third-order valence-electron chi connectivity index (χ3n) is 10.3. The van der Waals surface area contributed by atoms with Gasteiger partial charge in [-0.1, -0.05) is 44.2 Å². The highest BCUT2D eigenvalue weighted by molar-refractivity contribution is 5.99. The molecule has 14 heteroatoms. The molecule has 0 spiro atoms. The molecule has 0 bridgehead atoms. The van der Waals surface area contributed by atoms with Crippen LogP contribution in [-0.2, 0) is 43.4 Å². The van der Waals surface area contributed by atoms with Crippen LogP contribution in [0.3, 0.4) is 0 Å². The Hall–Kier alpha value is -5.79. The van der Waals surface area contributed by atoms with Crippen molar-refractivity contribution in [2.45, 2.75) is 39.4 Å². The maximum absolute atomic E-state index is 13.4. The van der Waals surface area contributed by atoms with Crippen molar-refractivity contribution >= 4 is 29.8 Å². The van der Waals surface area contributed by atoms with Gasteiger partial charge in [-0.3, -0.25) is 19.2 Å². The van der Waals surface area contributed by atoms with Gasteiger partial charge < -0.3 is 38.6 Å². The van der Waals surface area contributed by atoms with Gasteiger partial charge in [-0.05, 0) is 36.2 Å². The Kier molecular flexibility index (Phi) is 12.7. The number of methoxy groups -OCH3 is 4. The summed E-state index contributed by atoms with van der Waals surface area (Å²) < 4.78 is 26.3. The molecular weight excluding hydrogens is 698 g/mol. The van der Waals surface area contributed by atoms with Gasteiger partial charge in [-0.15, -0.1) is 0 Å². The summed E-state index contributed by atoms with van der Waals surface area (Å²) in [5, 5.41) is 9.13. The number of rotatable bonds is 12. The van der Waals surface area contributed by atoms with Crippen molar-refractivity contribution in [1.82, 2.24) is 14.7 Å². The van der Waals surface area contributed by atoms with E-state index < -0.39 is 35.7 Å². The Morgan fingerprint density at radius 2 is 1.22 bits per heavy atom. The lowest BCUT2D eigenvalue weighted by Crippen LogP contribution is -2.45. The summed E-state index contributed by atoms with van der Waals surface area (Å²) >= 11 is 0. The summed E-state index contributed by atoms with van der Waals surface area (Å²) in [6, 6.07) is 20.0. The summed E-state index contributed by atoms with van der Waals surface area (Å²) in [7, 11) is 6.25. The van der Waals surface area contributed by atoms with Gasteiger partial charge in [0.1, 0.15) is 29.6 Å². The number of carboxylic acid groups (broad SMARTS) is 1. The number of benzene rings is 3. The molecule has 6 rings (SSSR count). The molecule has 3 aliphatic heterocycles. The lowest BCUT2D eigenvalue weighted by molar-refractivity contribution is -0.143. The van der Waals surface area contributed by atoms with E-state index in [0.29, 0.717) is 42.5 Å². The first-order chi connectivity index (χ1) is 25.9. The number of hydrogen-bond donors (Lipinski definition) is 1. The summed E-state index contributed by atoms with van der Waals surface area (Å²) in [6.07, 6.45) is -0.129. The molecule has 14 nitrogen and oxygen atoms in total. The van der Waals surface area contributed by atoms with Crippen molar-refractivity contribution in [2.24, 2.45) is 23.7 Å². The fraction of sp³-hybridized carbons (Fsp3) is 0.425. The molecule has 4 amide bonds. The third-order valence-corrected chi connectivity index (χ3v) is 10.3. The average Bonchev–Trinajstić information content (AvgIpc) is 3.79. The van der Waals surface area contributed by atoms with Gasteiger partial charge in [0.05, 0.1) is 52.2 Å². The Bertz CT molecular complexity index is 1850. The van der Waals surface area contributed by atoms with Gasteiger partial charge in [0.25, 0.3) is 0 Å². The van der Waals surface area contributed by atoms with Crippen molar-refractivity contribution in [3.8, 4) is 23.0 Å². The molecule has 5 atom stereocenters. The van der Waals surface area contributed by atoms with E-state index in [2.05, 4.69) is 0 Å². The standard InChI is InChI=1S/C25H28N2O6.C15H19NO5/c1-16-21(14-26(23(16)28)13-18-9-10-20(31-2)12-22(18)32-3)24(29)27-19(15-33-25(27)30)11-17-7-5-4-6-8-17;1-9-12(15(18)19)8-16(14(9)17)7-10-4-5-11(20-2)6-13(10)21-3/h4-10,12,16,19,21H,11,13-15H2,1-3H3;4-6,9,12H,7-8H2,1-3H3,(H,18,19)/t16?,19-,21?;/m1./s1. The van der Waals surface area contributed by atoms with E-state index in [1.54, 1.807) is 76.4 Å². The molecule has 3 fully saturated rings. The number of hydrogen-bond acceptors (Lipinski definition) is 10. The van der Waals surface area contributed by atoms with Crippen LogP contribution >= 0.6 is 0 Å². The zero-order valence-corrected chi connectivity index (χ0v) is 31.4. The first-order valence-electron chi connectivity index (χ1n) is 17.7. The van der Waals surface area contributed by atoms with Crippen LogP contribution in [0.4, 0.5) is 4.79 Å². The van der Waals surface area contributed by atoms with Gasteiger partial charge in [-0.25, -0.2) is 9.69 Å². The number of amides is 4. The summed E-state index contributed by atoms with van der Waals surface area (Å²) in [5.41, 5.74) is 2.65. The molecule has 0 radical (unpaired) electrons. The number of imide groups is 1. The predicted octanol–water partition coefficient (Wildman–Crippen LogP) is 4.27. The summed E-state index contributed by atoms with van der Waals surface area (Å²) in [4.78, 5) is 66.5. The van der Waals surface area contributed by atoms with Crippen LogP contribution in [0.1, 0.15) is 30.5 Å². The molecule has 0 saturated carbocycles. The second-order valence-corrected chi connectivity index (χ2v) is 13.6. The highest BCUT2D eigenvalue weighted by Crippen LogP contribution is 2.34. The minimum atomic E-state index is -0.931. The number of ether oxygens (including phenoxy) is 5. The molecule has 3 aromatic carbocycles. The van der Waals surface area contributed by atoms with Gasteiger partial charge >= 0.3 is 12.1 Å². The molecule has 0 aromatic heterocycles. The van der Waals surface area contributed by atoms with E-state index in [1.165, 1.54) is 4.90 Å². The third kappa shape index (κ3) is 8.53. The number of carbonyl (C=O) groups excluding carboxylic acids is 4. The average molecular weight is 746 g/mol. The Labute approximate surface area is 314 Å². The second-order valence-electron chi connectivity index (χ2n) is 13.6. The van der Waals surface area contributed by atoms with E-state index in [9.17, 15) is 24.0 Å². The number of likely N-dealkylation sites (tertiary alicyclic amines) is 2. The molecular formula is C40H47N3O11. The predicted molar refractivity (Wildman–Crippen MR) is 195 cm³/mol. The topological polar surface area (TPSA) is 161 Å². The second kappa shape index (κ2) is 17.4. The Morgan fingerprint density at radius 1 is 0.722 bits per heavy atom. The molecule has 288 valence electrons. The number of nitrogens with zero attached hydrogens (tertiary/aromatic N) is 3. The lowest BCUT2D eigenvalue weighted by Gasteiger charge is -2.24. The Balaban J connectivity index is 0.000000230. The van der Waals surface area contributed by atoms with Gasteiger partial charge in [0.15, 0.2) is 0 Å². The largest absolute Gasteiger partial charge is 0.497 e. The van der Waals surface area contributed by atoms with E-state index in [1.807, 2.05) is 42.5 Å². The molecule has 3 heterocycles. The van der Waals surface area contributed by atoms with E-state index >= 15 is 0 Å². The molecule has 3 aliphatic rings. The van der Waals surface area contributed by atoms with E-state index in [4.69, 9.17) is 28.8 Å². The normalized spacial score (nSPS) is 22.1. The maximum Gasteiger partial charge on any atom is 0.416 e. The fourth-order valence-electron chi connectivity index (χ4n) is 7.08. The number of aliphatic carboxylic acids is 1. The van der Waals surface area contributed by atoms with Crippen molar-refractivity contribution < 1.29 is 52.8 Å². The molecule has 0 aliphatic carbocycles. The van der Waals surface area contributed by atoms with Crippen LogP contribution in [0.2, 0.25) is 0 Å². The summed E-state index contributed by atoms with van der Waals surface area (Å²) in [5.74, 6) is -1.31. The van der Waals surface area contributed by atoms with E-state index in [-0.39, 0.29) is 43.5 Å². The lowest BCUT2D eigenvalue weighted by atomic mass is 9.95. The van der Waals surface area contributed by atoms with Gasteiger partial charge in [0, 0.05) is 55.4 Å².